The van der Waals surface area contributed by atoms with E-state index in [1.165, 1.54) is 0 Å². The van der Waals surface area contributed by atoms with Crippen LogP contribution in [-0.4, -0.2) is 38.1 Å². The molecule has 0 aliphatic carbocycles. The van der Waals surface area contributed by atoms with Crippen LogP contribution in [0.4, 0.5) is 13.6 Å². The second kappa shape index (κ2) is 7.90. The monoisotopic (exact) mass is 301 g/mol. The molecule has 0 amide bonds. The quantitative estimate of drug-likeness (QED) is 0.817. The lowest BCUT2D eigenvalue weighted by Crippen LogP contribution is -2.27. The van der Waals surface area contributed by atoms with E-state index in [4.69, 9.17) is 9.47 Å². The highest BCUT2D eigenvalue weighted by Crippen LogP contribution is 2.13. The molecule has 1 aromatic carbocycles. The number of alkyl halides is 2. The van der Waals surface area contributed by atoms with E-state index in [1.807, 2.05) is 30.3 Å². The predicted octanol–water partition coefficient (Wildman–Crippen LogP) is 2.31. The molecule has 0 unspecified atom stereocenters. The Balaban J connectivity index is 1.65. The zero-order valence-electron chi connectivity index (χ0n) is 11.3. The van der Waals surface area contributed by atoms with Gasteiger partial charge in [-0.3, -0.25) is 0 Å². The minimum absolute atomic E-state index is 0.114. The normalized spacial score (nSPS) is 21.5. The third-order valence-electron chi connectivity index (χ3n) is 3.07. The van der Waals surface area contributed by atoms with Crippen LogP contribution in [0, 0.1) is 0 Å². The molecule has 7 heteroatoms. The molecule has 1 aromatic rings. The van der Waals surface area contributed by atoms with Crippen molar-refractivity contribution in [3.63, 3.8) is 0 Å². The Morgan fingerprint density at radius 2 is 2.10 bits per heavy atom. The molecule has 2 rings (SSSR count). The first-order valence-corrected chi connectivity index (χ1v) is 6.64. The lowest BCUT2D eigenvalue weighted by atomic mass is 10.2. The van der Waals surface area contributed by atoms with Crippen LogP contribution < -0.4 is 5.32 Å². The highest BCUT2D eigenvalue weighted by atomic mass is 19.3. The van der Waals surface area contributed by atoms with Crippen molar-refractivity contribution in [2.24, 2.45) is 0 Å². The van der Waals surface area contributed by atoms with Crippen LogP contribution in [0.15, 0.2) is 30.3 Å². The van der Waals surface area contributed by atoms with Crippen molar-refractivity contribution < 1.29 is 27.8 Å². The molecule has 0 aromatic heterocycles. The van der Waals surface area contributed by atoms with E-state index >= 15 is 0 Å². The molecule has 21 heavy (non-hydrogen) atoms. The first-order valence-electron chi connectivity index (χ1n) is 6.64. The van der Waals surface area contributed by atoms with Gasteiger partial charge in [-0.2, -0.15) is 8.78 Å². The maximum atomic E-state index is 11.9. The molecule has 0 saturated carbocycles. The molecule has 5 nitrogen and oxygen atoms in total. The second-order valence-corrected chi connectivity index (χ2v) is 4.70. The van der Waals surface area contributed by atoms with Gasteiger partial charge in [0, 0.05) is 19.0 Å². The van der Waals surface area contributed by atoms with Gasteiger partial charge in [-0.15, -0.1) is 0 Å². The standard InChI is InChI=1S/C14H17F2NO4/c15-13(16)19-9-11-6-12(7-17-11)21-14(18)20-8-10-4-2-1-3-5-10/h1-5,11-13,17H,6-9H2/t11-,12+/m0/s1. The number of rotatable bonds is 6. The molecule has 1 N–H and O–H groups in total. The van der Waals surface area contributed by atoms with E-state index in [9.17, 15) is 13.6 Å². The molecule has 2 atom stereocenters. The fraction of sp³-hybridized carbons (Fsp3) is 0.500. The van der Waals surface area contributed by atoms with E-state index in [2.05, 4.69) is 10.1 Å². The molecule has 1 fully saturated rings. The molecule has 0 spiro atoms. The number of benzene rings is 1. The van der Waals surface area contributed by atoms with E-state index in [-0.39, 0.29) is 25.4 Å². The average molecular weight is 301 g/mol. The fourth-order valence-corrected chi connectivity index (χ4v) is 2.07. The third-order valence-corrected chi connectivity index (χ3v) is 3.07. The zero-order chi connectivity index (χ0) is 15.1. The summed E-state index contributed by atoms with van der Waals surface area (Å²) in [5.74, 6) is 0. The van der Waals surface area contributed by atoms with E-state index < -0.39 is 12.8 Å². The number of carbonyl (C=O) groups excluding carboxylic acids is 1. The van der Waals surface area contributed by atoms with Crippen LogP contribution in [0.5, 0.6) is 0 Å². The topological polar surface area (TPSA) is 56.8 Å². The molecular formula is C14H17F2NO4. The van der Waals surface area contributed by atoms with Crippen LogP contribution in [0.1, 0.15) is 12.0 Å². The number of ether oxygens (including phenoxy) is 3. The summed E-state index contributed by atoms with van der Waals surface area (Å²) in [6.07, 6.45) is -0.728. The van der Waals surface area contributed by atoms with Gasteiger partial charge in [-0.1, -0.05) is 30.3 Å². The van der Waals surface area contributed by atoms with Gasteiger partial charge in [-0.05, 0) is 5.56 Å². The minimum Gasteiger partial charge on any atom is -0.430 e. The van der Waals surface area contributed by atoms with Gasteiger partial charge in [0.25, 0.3) is 0 Å². The lowest BCUT2D eigenvalue weighted by molar-refractivity contribution is -0.133. The molecule has 1 aliphatic heterocycles. The van der Waals surface area contributed by atoms with Crippen molar-refractivity contribution in [2.75, 3.05) is 13.2 Å². The van der Waals surface area contributed by atoms with E-state index in [0.29, 0.717) is 13.0 Å². The summed E-state index contributed by atoms with van der Waals surface area (Å²) in [4.78, 5) is 11.5. The molecule has 116 valence electrons. The first-order chi connectivity index (χ1) is 10.1. The Kier molecular flexibility index (Phi) is 5.89. The van der Waals surface area contributed by atoms with Crippen molar-refractivity contribution in [3.05, 3.63) is 35.9 Å². The second-order valence-electron chi connectivity index (χ2n) is 4.70. The van der Waals surface area contributed by atoms with Crippen molar-refractivity contribution in [1.29, 1.82) is 0 Å². The smallest absolute Gasteiger partial charge is 0.430 e. The highest BCUT2D eigenvalue weighted by molar-refractivity contribution is 5.60. The zero-order valence-corrected chi connectivity index (χ0v) is 11.3. The van der Waals surface area contributed by atoms with Crippen LogP contribution in [-0.2, 0) is 20.8 Å². The Morgan fingerprint density at radius 3 is 2.81 bits per heavy atom. The average Bonchev–Trinajstić information content (AvgIpc) is 2.91. The van der Waals surface area contributed by atoms with Crippen molar-refractivity contribution in [2.45, 2.75) is 31.8 Å². The van der Waals surface area contributed by atoms with Gasteiger partial charge in [-0.25, -0.2) is 4.79 Å². The van der Waals surface area contributed by atoms with E-state index in [1.54, 1.807) is 0 Å². The van der Waals surface area contributed by atoms with Crippen LogP contribution in [0.2, 0.25) is 0 Å². The molecule has 0 radical (unpaired) electrons. The number of hydrogen-bond acceptors (Lipinski definition) is 5. The van der Waals surface area contributed by atoms with Crippen LogP contribution in [0.3, 0.4) is 0 Å². The largest absolute Gasteiger partial charge is 0.508 e. The van der Waals surface area contributed by atoms with Crippen molar-refractivity contribution in [1.82, 2.24) is 5.32 Å². The van der Waals surface area contributed by atoms with Crippen LogP contribution >= 0.6 is 0 Å². The van der Waals surface area contributed by atoms with Gasteiger partial charge in [0.15, 0.2) is 0 Å². The lowest BCUT2D eigenvalue weighted by Gasteiger charge is -2.12. The Hall–Kier alpha value is -1.73. The Labute approximate surface area is 121 Å². The van der Waals surface area contributed by atoms with E-state index in [0.717, 1.165) is 5.56 Å². The summed E-state index contributed by atoms with van der Waals surface area (Å²) < 4.78 is 38.1. The maximum absolute atomic E-state index is 11.9. The summed E-state index contributed by atoms with van der Waals surface area (Å²) in [5.41, 5.74) is 0.863. The first kappa shape index (κ1) is 15.7. The molecule has 1 heterocycles. The van der Waals surface area contributed by atoms with Gasteiger partial charge in [0.1, 0.15) is 12.7 Å². The van der Waals surface area contributed by atoms with Crippen LogP contribution in [0.25, 0.3) is 0 Å². The Bertz CT molecular complexity index is 444. The predicted molar refractivity (Wildman–Crippen MR) is 69.9 cm³/mol. The number of carbonyl (C=O) groups is 1. The minimum atomic E-state index is -2.79. The molecule has 1 saturated heterocycles. The number of nitrogens with one attached hydrogen (secondary N) is 1. The summed E-state index contributed by atoms with van der Waals surface area (Å²) >= 11 is 0. The molecule has 1 aliphatic rings. The number of hydrogen-bond donors (Lipinski definition) is 1. The van der Waals surface area contributed by atoms with Gasteiger partial charge >= 0.3 is 12.8 Å². The SMILES string of the molecule is O=C(OCc1ccccc1)O[C@H]1CN[C@H](COC(F)F)C1. The Morgan fingerprint density at radius 1 is 1.33 bits per heavy atom. The van der Waals surface area contributed by atoms with Crippen molar-refractivity contribution >= 4 is 6.16 Å². The van der Waals surface area contributed by atoms with Gasteiger partial charge in [0.05, 0.1) is 6.61 Å². The third kappa shape index (κ3) is 5.65. The summed E-state index contributed by atoms with van der Waals surface area (Å²) in [6.45, 7) is -2.37. The number of halogens is 2. The summed E-state index contributed by atoms with van der Waals surface area (Å²) in [5, 5.41) is 2.95. The molecule has 0 bridgehead atoms. The highest BCUT2D eigenvalue weighted by Gasteiger charge is 2.28. The van der Waals surface area contributed by atoms with Gasteiger partial charge < -0.3 is 19.5 Å². The maximum Gasteiger partial charge on any atom is 0.508 e. The van der Waals surface area contributed by atoms with Gasteiger partial charge in [0.2, 0.25) is 0 Å². The summed E-state index contributed by atoms with van der Waals surface area (Å²) in [7, 11) is 0. The van der Waals surface area contributed by atoms with Crippen molar-refractivity contribution in [3.8, 4) is 0 Å². The fourth-order valence-electron chi connectivity index (χ4n) is 2.07. The summed E-state index contributed by atoms with van der Waals surface area (Å²) in [6, 6.07) is 8.99. The molecular weight excluding hydrogens is 284 g/mol.